The lowest BCUT2D eigenvalue weighted by Crippen LogP contribution is -2.41. The molecule has 2 aromatic carbocycles. The molecule has 8 nitrogen and oxygen atoms in total. The van der Waals surface area contributed by atoms with E-state index in [-0.39, 0.29) is 12.2 Å². The fourth-order valence-corrected chi connectivity index (χ4v) is 4.06. The maximum Gasteiger partial charge on any atom is 0.303 e. The van der Waals surface area contributed by atoms with Crippen molar-refractivity contribution in [3.63, 3.8) is 0 Å². The lowest BCUT2D eigenvalue weighted by Gasteiger charge is -2.30. The van der Waals surface area contributed by atoms with Crippen molar-refractivity contribution in [2.45, 2.75) is 45.3 Å². The summed E-state index contributed by atoms with van der Waals surface area (Å²) >= 11 is 0. The number of alkyl halides is 2. The highest BCUT2D eigenvalue weighted by Gasteiger charge is 2.49. The molecule has 11 heteroatoms. The van der Waals surface area contributed by atoms with Crippen LogP contribution in [-0.4, -0.2) is 46.0 Å². The molecule has 0 unspecified atom stereocenters. The number of aliphatic hydroxyl groups is 1. The summed E-state index contributed by atoms with van der Waals surface area (Å²) in [5.74, 6) is -2.89. The molecule has 4 rings (SSSR count). The first kappa shape index (κ1) is 29.0. The van der Waals surface area contributed by atoms with Gasteiger partial charge in [0.05, 0.1) is 29.9 Å². The van der Waals surface area contributed by atoms with Crippen LogP contribution in [0.25, 0.3) is 10.9 Å². The Morgan fingerprint density at radius 2 is 1.82 bits per heavy atom. The summed E-state index contributed by atoms with van der Waals surface area (Å²) in [5, 5.41) is 13.7. The van der Waals surface area contributed by atoms with Gasteiger partial charge in [-0.1, -0.05) is 12.1 Å². The van der Waals surface area contributed by atoms with Crippen LogP contribution >= 0.6 is 0 Å². The quantitative estimate of drug-likeness (QED) is 0.207. The smallest absolute Gasteiger partial charge is 0.303 e. The van der Waals surface area contributed by atoms with Crippen LogP contribution in [0.3, 0.4) is 0 Å². The first-order valence-corrected chi connectivity index (χ1v) is 12.6. The minimum atomic E-state index is -3.82. The van der Waals surface area contributed by atoms with Crippen molar-refractivity contribution in [3.05, 3.63) is 77.6 Å². The Balaban J connectivity index is 1.74. The summed E-state index contributed by atoms with van der Waals surface area (Å²) in [4.78, 5) is 13.1. The highest BCUT2D eigenvalue weighted by atomic mass is 19.3. The van der Waals surface area contributed by atoms with Gasteiger partial charge in [-0.2, -0.15) is 8.78 Å². The molecular weight excluding hydrogens is 525 g/mol. The molecule has 0 saturated heterocycles. The van der Waals surface area contributed by atoms with E-state index in [1.165, 1.54) is 12.1 Å². The SMILES string of the molecule is COCCOc1cc2c(N[C@H](C)c3cccc(C(F)(F)C(C)(C)O)c3F)nc(C)nc2cc1Oc1cccnc1. The van der Waals surface area contributed by atoms with Crippen LogP contribution in [0.5, 0.6) is 17.2 Å². The second-order valence-corrected chi connectivity index (χ2v) is 9.78. The van der Waals surface area contributed by atoms with Crippen LogP contribution in [0.2, 0.25) is 0 Å². The molecule has 0 aliphatic carbocycles. The van der Waals surface area contributed by atoms with Crippen molar-refractivity contribution in [3.8, 4) is 17.2 Å². The average molecular weight is 557 g/mol. The van der Waals surface area contributed by atoms with Gasteiger partial charge in [0, 0.05) is 30.3 Å². The third-order valence-electron chi connectivity index (χ3n) is 6.24. The molecule has 4 aromatic rings. The lowest BCUT2D eigenvalue weighted by molar-refractivity contribution is -0.170. The van der Waals surface area contributed by atoms with Crippen molar-refractivity contribution in [2.75, 3.05) is 25.6 Å². The predicted octanol–water partition coefficient (Wildman–Crippen LogP) is 6.33. The summed E-state index contributed by atoms with van der Waals surface area (Å²) in [5.41, 5.74) is -2.85. The Labute approximate surface area is 230 Å². The van der Waals surface area contributed by atoms with Gasteiger partial charge in [0.25, 0.3) is 0 Å². The Morgan fingerprint density at radius 1 is 1.05 bits per heavy atom. The van der Waals surface area contributed by atoms with Crippen LogP contribution in [0, 0.1) is 12.7 Å². The fraction of sp³-hybridized carbons (Fsp3) is 0.345. The number of pyridine rings is 1. The predicted molar refractivity (Wildman–Crippen MR) is 145 cm³/mol. The monoisotopic (exact) mass is 556 g/mol. The van der Waals surface area contributed by atoms with Crippen molar-refractivity contribution in [1.82, 2.24) is 15.0 Å². The Bertz CT molecular complexity index is 1480. The highest BCUT2D eigenvalue weighted by molar-refractivity contribution is 5.92. The van der Waals surface area contributed by atoms with Gasteiger partial charge in [0.15, 0.2) is 11.5 Å². The average Bonchev–Trinajstić information content (AvgIpc) is 2.89. The van der Waals surface area contributed by atoms with E-state index >= 15 is 4.39 Å². The normalized spacial score (nSPS) is 12.8. The van der Waals surface area contributed by atoms with Crippen molar-refractivity contribution >= 4 is 16.7 Å². The molecule has 2 heterocycles. The molecule has 0 saturated carbocycles. The number of nitrogens with zero attached hydrogens (tertiary/aromatic N) is 3. The fourth-order valence-electron chi connectivity index (χ4n) is 4.06. The summed E-state index contributed by atoms with van der Waals surface area (Å²) in [7, 11) is 1.56. The van der Waals surface area contributed by atoms with Crippen molar-refractivity contribution in [1.29, 1.82) is 0 Å². The van der Waals surface area contributed by atoms with Crippen LogP contribution in [-0.2, 0) is 10.7 Å². The van der Waals surface area contributed by atoms with E-state index in [0.29, 0.717) is 46.4 Å². The molecule has 0 radical (unpaired) electrons. The number of fused-ring (bicyclic) bond motifs is 1. The van der Waals surface area contributed by atoms with E-state index in [1.807, 2.05) is 0 Å². The van der Waals surface area contributed by atoms with Crippen LogP contribution in [0.1, 0.15) is 43.8 Å². The van der Waals surface area contributed by atoms with Crippen LogP contribution < -0.4 is 14.8 Å². The van der Waals surface area contributed by atoms with Gasteiger partial charge >= 0.3 is 5.92 Å². The van der Waals surface area contributed by atoms with Gasteiger partial charge in [-0.25, -0.2) is 14.4 Å². The van der Waals surface area contributed by atoms with Gasteiger partial charge in [-0.15, -0.1) is 0 Å². The third kappa shape index (κ3) is 6.10. The molecule has 0 spiro atoms. The number of aromatic nitrogens is 3. The molecule has 212 valence electrons. The lowest BCUT2D eigenvalue weighted by atomic mass is 9.91. The summed E-state index contributed by atoms with van der Waals surface area (Å²) in [6, 6.07) is 9.81. The van der Waals surface area contributed by atoms with Gasteiger partial charge < -0.3 is 24.6 Å². The number of anilines is 1. The van der Waals surface area contributed by atoms with Crippen LogP contribution in [0.15, 0.2) is 54.9 Å². The topological polar surface area (TPSA) is 98.6 Å². The van der Waals surface area contributed by atoms with Gasteiger partial charge in [-0.3, -0.25) is 4.98 Å². The highest BCUT2D eigenvalue weighted by Crippen LogP contribution is 2.42. The molecule has 0 aliphatic heterocycles. The maximum atomic E-state index is 15.4. The Morgan fingerprint density at radius 3 is 2.50 bits per heavy atom. The first-order chi connectivity index (χ1) is 18.9. The summed E-state index contributed by atoms with van der Waals surface area (Å²) in [6.07, 6.45) is 3.19. The molecule has 0 fully saturated rings. The van der Waals surface area contributed by atoms with E-state index < -0.39 is 28.9 Å². The molecular formula is C29H31F3N4O4. The summed E-state index contributed by atoms with van der Waals surface area (Å²) < 4.78 is 62.2. The molecule has 40 heavy (non-hydrogen) atoms. The van der Waals surface area contributed by atoms with E-state index in [0.717, 1.165) is 19.9 Å². The first-order valence-electron chi connectivity index (χ1n) is 12.6. The van der Waals surface area contributed by atoms with E-state index in [9.17, 15) is 13.9 Å². The zero-order valence-electron chi connectivity index (χ0n) is 22.8. The van der Waals surface area contributed by atoms with Crippen LogP contribution in [0.4, 0.5) is 19.0 Å². The molecule has 2 aromatic heterocycles. The number of halogens is 3. The van der Waals surface area contributed by atoms with E-state index in [4.69, 9.17) is 14.2 Å². The molecule has 1 atom stereocenters. The van der Waals surface area contributed by atoms with Crippen molar-refractivity contribution in [2.24, 2.45) is 0 Å². The second kappa shape index (κ2) is 11.6. The standard InChI is InChI=1S/C29H31F3N4O4/c1-17(20-9-6-10-22(26(20)30)29(31,32)28(3,4)37)34-27-21-14-24(39-13-12-38-5)25(15-23(21)35-18(2)36-27)40-19-8-7-11-33-16-19/h6-11,14-17,37H,12-13H2,1-5H3,(H,34,35,36)/t17-/m1/s1. The molecule has 2 N–H and O–H groups in total. The number of rotatable bonds is 11. The second-order valence-electron chi connectivity index (χ2n) is 9.78. The van der Waals surface area contributed by atoms with Gasteiger partial charge in [-0.05, 0) is 52.0 Å². The number of methoxy groups -OCH3 is 1. The number of aryl methyl sites for hydroxylation is 1. The summed E-state index contributed by atoms with van der Waals surface area (Å²) in [6.45, 7) is 5.78. The molecule has 0 amide bonds. The third-order valence-corrected chi connectivity index (χ3v) is 6.24. The zero-order valence-corrected chi connectivity index (χ0v) is 22.8. The minimum absolute atomic E-state index is 0.0149. The number of nitrogens with one attached hydrogen (secondary N) is 1. The Hall–Kier alpha value is -3.96. The molecule has 0 aliphatic rings. The van der Waals surface area contributed by atoms with E-state index in [2.05, 4.69) is 20.3 Å². The number of benzene rings is 2. The number of ether oxygens (including phenoxy) is 3. The maximum absolute atomic E-state index is 15.4. The zero-order chi connectivity index (χ0) is 29.1. The van der Waals surface area contributed by atoms with Gasteiger partial charge in [0.2, 0.25) is 0 Å². The molecule has 0 bridgehead atoms. The minimum Gasteiger partial charge on any atom is -0.487 e. The number of hydrogen-bond donors (Lipinski definition) is 2. The largest absolute Gasteiger partial charge is 0.487 e. The Kier molecular flexibility index (Phi) is 8.45. The van der Waals surface area contributed by atoms with Crippen molar-refractivity contribution < 1.29 is 32.5 Å². The van der Waals surface area contributed by atoms with E-state index in [1.54, 1.807) is 57.6 Å². The van der Waals surface area contributed by atoms with Gasteiger partial charge in [0.1, 0.15) is 35.4 Å². The number of hydrogen-bond acceptors (Lipinski definition) is 8.